The molecule has 0 bridgehead atoms. The van der Waals surface area contributed by atoms with Crippen LogP contribution in [0.2, 0.25) is 18.1 Å². The fraction of sp³-hybridized carbons (Fsp3) is 0.341. The number of aliphatic carboxylic acids is 1. The van der Waals surface area contributed by atoms with Crippen LogP contribution in [0, 0.1) is 13.8 Å². The number of carbonyl (C=O) groups is 2. The summed E-state index contributed by atoms with van der Waals surface area (Å²) in [7, 11) is -1.66. The highest BCUT2D eigenvalue weighted by molar-refractivity contribution is 6.74. The Labute approximate surface area is 320 Å². The van der Waals surface area contributed by atoms with Crippen molar-refractivity contribution in [1.29, 1.82) is 0 Å². The molecule has 1 aliphatic rings. The van der Waals surface area contributed by atoms with Gasteiger partial charge in [-0.25, -0.2) is 14.6 Å². The highest BCUT2D eigenvalue weighted by Crippen LogP contribution is 2.38. The van der Waals surface area contributed by atoms with Gasteiger partial charge in [-0.2, -0.15) is 0 Å². The summed E-state index contributed by atoms with van der Waals surface area (Å²) in [6, 6.07) is 33.5. The smallest absolute Gasteiger partial charge is 0.411 e. The van der Waals surface area contributed by atoms with Crippen molar-refractivity contribution in [3.05, 3.63) is 137 Å². The molecule has 2 atom stereocenters. The molecular weight excluding hydrogens is 697 g/mol. The summed E-state index contributed by atoms with van der Waals surface area (Å²) in [5.41, 5.74) is 4.73. The number of rotatable bonds is 11. The minimum Gasteiger partial charge on any atom is -0.544 e. The lowest BCUT2D eigenvalue weighted by molar-refractivity contribution is -0.142. The summed E-state index contributed by atoms with van der Waals surface area (Å²) in [5.74, 6) is 2.01. The predicted octanol–water partition coefficient (Wildman–Crippen LogP) is 10.6. The van der Waals surface area contributed by atoms with Gasteiger partial charge >= 0.3 is 12.1 Å². The van der Waals surface area contributed by atoms with E-state index in [4.69, 9.17) is 18.3 Å². The van der Waals surface area contributed by atoms with Gasteiger partial charge in [-0.3, -0.25) is 4.90 Å². The lowest BCUT2D eigenvalue weighted by Crippen LogP contribution is -2.43. The molecule has 0 unspecified atom stereocenters. The van der Waals surface area contributed by atoms with Gasteiger partial charge in [0, 0.05) is 12.0 Å². The number of aromatic nitrogens is 1. The molecule has 1 fully saturated rings. The van der Waals surface area contributed by atoms with E-state index in [1.807, 2.05) is 91.9 Å². The quantitative estimate of drug-likeness (QED) is 0.133. The number of aryl methyl sites for hydroxylation is 2. The van der Waals surface area contributed by atoms with Crippen molar-refractivity contribution in [2.75, 3.05) is 6.61 Å². The highest BCUT2D eigenvalue weighted by Gasteiger charge is 2.43. The lowest BCUT2D eigenvalue weighted by Gasteiger charge is -2.36. The number of likely N-dealkylation sites (tertiary alicyclic amines) is 1. The molecule has 2 heterocycles. The summed E-state index contributed by atoms with van der Waals surface area (Å²) in [6.07, 6.45) is 0.855. The van der Waals surface area contributed by atoms with Crippen molar-refractivity contribution in [2.45, 2.75) is 90.7 Å². The first-order valence-corrected chi connectivity index (χ1v) is 21.3. The second-order valence-electron chi connectivity index (χ2n) is 15.1. The van der Waals surface area contributed by atoms with Crippen LogP contribution in [0.3, 0.4) is 0 Å². The molecule has 0 spiro atoms. The van der Waals surface area contributed by atoms with Crippen molar-refractivity contribution < 1.29 is 33.0 Å². The maximum Gasteiger partial charge on any atom is 0.411 e. The van der Waals surface area contributed by atoms with E-state index in [0.717, 1.165) is 33.9 Å². The van der Waals surface area contributed by atoms with Crippen LogP contribution in [0.4, 0.5) is 4.79 Å². The number of benzene rings is 4. The Hall–Kier alpha value is -5.35. The molecule has 0 aliphatic carbocycles. The Morgan fingerprint density at radius 1 is 0.852 bits per heavy atom. The normalized spacial score (nSPS) is 15.6. The molecule has 9 nitrogen and oxygen atoms in total. The van der Waals surface area contributed by atoms with E-state index in [1.165, 1.54) is 10.5 Å². The summed E-state index contributed by atoms with van der Waals surface area (Å²) in [6.45, 7) is 15.8. The van der Waals surface area contributed by atoms with Crippen molar-refractivity contribution in [3.8, 4) is 23.0 Å². The van der Waals surface area contributed by atoms with E-state index < -0.39 is 32.5 Å². The third-order valence-corrected chi connectivity index (χ3v) is 14.4. The average Bonchev–Trinajstić information content (AvgIpc) is 3.77. The molecule has 6 rings (SSSR count). The van der Waals surface area contributed by atoms with Crippen molar-refractivity contribution >= 4 is 20.4 Å². The van der Waals surface area contributed by atoms with Gasteiger partial charge < -0.3 is 23.4 Å². The maximum atomic E-state index is 13.0. The van der Waals surface area contributed by atoms with Crippen LogP contribution >= 0.6 is 0 Å². The molecule has 1 aromatic heterocycles. The number of nitrogens with zero attached hydrogens (tertiary/aromatic N) is 2. The SMILES string of the molecule is Cc1ccc(O[Si](C)(C)C(C)(C)C)cc1.Cc1oc(-c2ccccc2)nc1CCOc1ccc([C@@H]2CC[C@@H](C(=O)O)N2C(=O)OCc2ccccc2)cc1. The number of oxazole rings is 1. The zero-order valence-electron chi connectivity index (χ0n) is 32.4. The third-order valence-electron chi connectivity index (χ3n) is 10.1. The second-order valence-corrected chi connectivity index (χ2v) is 19.9. The molecule has 284 valence electrons. The van der Waals surface area contributed by atoms with Gasteiger partial charge in [-0.15, -0.1) is 0 Å². The molecule has 54 heavy (non-hydrogen) atoms. The first kappa shape index (κ1) is 39.8. The molecular formula is C44H52N2O7Si. The first-order valence-electron chi connectivity index (χ1n) is 18.4. The van der Waals surface area contributed by atoms with Crippen LogP contribution in [0.1, 0.15) is 67.8 Å². The fourth-order valence-electron chi connectivity index (χ4n) is 5.90. The third kappa shape index (κ3) is 10.4. The van der Waals surface area contributed by atoms with E-state index in [2.05, 4.69) is 70.0 Å². The second kappa shape index (κ2) is 17.6. The lowest BCUT2D eigenvalue weighted by atomic mass is 10.0. The molecule has 5 aromatic rings. The predicted molar refractivity (Wildman–Crippen MR) is 213 cm³/mol. The number of ether oxygens (including phenoxy) is 2. The number of carbonyl (C=O) groups excluding carboxylic acids is 1. The fourth-order valence-corrected chi connectivity index (χ4v) is 6.93. The largest absolute Gasteiger partial charge is 0.544 e. The van der Waals surface area contributed by atoms with Crippen LogP contribution in [-0.2, 0) is 22.6 Å². The molecule has 1 saturated heterocycles. The van der Waals surface area contributed by atoms with Gasteiger partial charge in [-0.05, 0) is 92.3 Å². The van der Waals surface area contributed by atoms with Crippen LogP contribution < -0.4 is 9.16 Å². The highest BCUT2D eigenvalue weighted by atomic mass is 28.4. The zero-order chi connectivity index (χ0) is 38.9. The van der Waals surface area contributed by atoms with E-state index in [9.17, 15) is 14.7 Å². The minimum atomic E-state index is -1.66. The Morgan fingerprint density at radius 2 is 1.46 bits per heavy atom. The molecule has 1 N–H and O–H groups in total. The summed E-state index contributed by atoms with van der Waals surface area (Å²) < 4.78 is 23.4. The van der Waals surface area contributed by atoms with Crippen LogP contribution in [-0.4, -0.2) is 48.0 Å². The van der Waals surface area contributed by atoms with Gasteiger partial charge in [0.05, 0.1) is 18.3 Å². The molecule has 1 amide bonds. The van der Waals surface area contributed by atoms with Crippen molar-refractivity contribution in [1.82, 2.24) is 9.88 Å². The molecule has 4 aromatic carbocycles. The first-order chi connectivity index (χ1) is 25.7. The Bertz CT molecular complexity index is 1950. The average molecular weight is 749 g/mol. The number of carboxylic acid groups (broad SMARTS) is 1. The van der Waals surface area contributed by atoms with E-state index >= 15 is 0 Å². The van der Waals surface area contributed by atoms with Gasteiger partial charge in [0.15, 0.2) is 0 Å². The van der Waals surface area contributed by atoms with Crippen molar-refractivity contribution in [3.63, 3.8) is 0 Å². The van der Waals surface area contributed by atoms with E-state index in [0.29, 0.717) is 37.5 Å². The van der Waals surface area contributed by atoms with Gasteiger partial charge in [0.1, 0.15) is 29.9 Å². The van der Waals surface area contributed by atoms with E-state index in [1.54, 1.807) is 0 Å². The maximum absolute atomic E-state index is 13.0. The van der Waals surface area contributed by atoms with Crippen molar-refractivity contribution in [2.24, 2.45) is 0 Å². The number of amides is 1. The summed E-state index contributed by atoms with van der Waals surface area (Å²) >= 11 is 0. The van der Waals surface area contributed by atoms with Gasteiger partial charge in [0.25, 0.3) is 0 Å². The zero-order valence-corrected chi connectivity index (χ0v) is 33.4. The summed E-state index contributed by atoms with van der Waals surface area (Å²) in [5, 5.41) is 9.98. The van der Waals surface area contributed by atoms with Gasteiger partial charge in [0.2, 0.25) is 14.2 Å². The topological polar surface area (TPSA) is 111 Å². The minimum absolute atomic E-state index is 0.0832. The number of hydrogen-bond donors (Lipinski definition) is 1. The van der Waals surface area contributed by atoms with E-state index in [-0.39, 0.29) is 11.6 Å². The van der Waals surface area contributed by atoms with Crippen LogP contribution in [0.5, 0.6) is 11.5 Å². The standard InChI is InChI=1S/C31H30N2O6.C13H22OSi/c1-21-26(32-29(39-21)24-10-6-3-7-11-24)18-19-37-25-14-12-23(13-15-25)27-16-17-28(30(34)35)33(27)31(36)38-20-22-8-4-2-5-9-22;1-11-7-9-12(10-8-11)14-15(5,6)13(2,3)4/h2-15,27-28H,16-20H2,1H3,(H,34,35);7-10H,1-6H3/t27-,28-;/m0./s1. The Morgan fingerprint density at radius 3 is 2.07 bits per heavy atom. The Kier molecular flexibility index (Phi) is 13.0. The molecule has 1 aliphatic heterocycles. The van der Waals surface area contributed by atoms with Crippen LogP contribution in [0.25, 0.3) is 11.5 Å². The molecule has 10 heteroatoms. The number of hydrogen-bond acceptors (Lipinski definition) is 7. The Balaban J connectivity index is 0.000000314. The van der Waals surface area contributed by atoms with Gasteiger partial charge in [-0.1, -0.05) is 99.1 Å². The molecule has 0 saturated carbocycles. The number of carboxylic acids is 1. The monoisotopic (exact) mass is 748 g/mol. The molecule has 0 radical (unpaired) electrons. The van der Waals surface area contributed by atoms with Crippen LogP contribution in [0.15, 0.2) is 114 Å². The summed E-state index contributed by atoms with van der Waals surface area (Å²) in [4.78, 5) is 30.8.